The number of rotatable bonds is 7. The van der Waals surface area contributed by atoms with Gasteiger partial charge in [0, 0.05) is 11.8 Å². The molecule has 4 rings (SSSR count). The lowest BCUT2D eigenvalue weighted by molar-refractivity contribution is -0.115. The van der Waals surface area contributed by atoms with E-state index >= 15 is 0 Å². The molecule has 0 saturated carbocycles. The molecule has 4 aromatic rings. The quantitative estimate of drug-likeness (QED) is 0.418. The predicted molar refractivity (Wildman–Crippen MR) is 122 cm³/mol. The highest BCUT2D eigenvalue weighted by Crippen LogP contribution is 2.30. The fourth-order valence-electron chi connectivity index (χ4n) is 3.32. The monoisotopic (exact) mass is 440 g/mol. The van der Waals surface area contributed by atoms with E-state index in [-0.39, 0.29) is 11.2 Å². The highest BCUT2D eigenvalue weighted by atomic mass is 32.2. The lowest BCUT2D eigenvalue weighted by Gasteiger charge is -2.13. The van der Waals surface area contributed by atoms with E-state index < -0.39 is 0 Å². The summed E-state index contributed by atoms with van der Waals surface area (Å²) in [6.07, 6.45) is 1.52. The van der Waals surface area contributed by atoms with Crippen LogP contribution in [0.25, 0.3) is 16.6 Å². The van der Waals surface area contributed by atoms with Gasteiger partial charge in [0.2, 0.25) is 11.0 Å². The second-order valence-corrected chi connectivity index (χ2v) is 9.86. The zero-order chi connectivity index (χ0) is 21.3. The standard InChI is InChI=1S/C21H24N6OS2/c1-5-16(19(28)22-20-25-24-18(30-20)10-12(2)3)29-21-26-23-17-11-13(4)14-8-6-7-9-15(14)27(17)21/h6-9,11-12,16H,5,10H2,1-4H3,(H,22,25,28). The van der Waals surface area contributed by atoms with Gasteiger partial charge in [-0.3, -0.25) is 14.5 Å². The molecule has 156 valence electrons. The van der Waals surface area contributed by atoms with Crippen molar-refractivity contribution in [2.75, 3.05) is 5.32 Å². The zero-order valence-corrected chi connectivity index (χ0v) is 19.0. The van der Waals surface area contributed by atoms with Crippen LogP contribution in [-0.2, 0) is 11.2 Å². The third-order valence-electron chi connectivity index (χ3n) is 4.76. The first-order valence-corrected chi connectivity index (χ1v) is 11.7. The van der Waals surface area contributed by atoms with Gasteiger partial charge in [0.1, 0.15) is 5.01 Å². The van der Waals surface area contributed by atoms with Crippen molar-refractivity contribution in [3.63, 3.8) is 0 Å². The number of benzene rings is 1. The molecule has 1 N–H and O–H groups in total. The van der Waals surface area contributed by atoms with Crippen LogP contribution >= 0.6 is 23.1 Å². The Balaban J connectivity index is 1.58. The number of aryl methyl sites for hydroxylation is 1. The molecule has 1 unspecified atom stereocenters. The van der Waals surface area contributed by atoms with Crippen LogP contribution < -0.4 is 5.32 Å². The summed E-state index contributed by atoms with van der Waals surface area (Å²) < 4.78 is 2.02. The molecule has 0 aliphatic carbocycles. The van der Waals surface area contributed by atoms with Gasteiger partial charge in [-0.05, 0) is 37.0 Å². The molecular formula is C21H24N6OS2. The minimum atomic E-state index is -0.310. The maximum atomic E-state index is 12.9. The summed E-state index contributed by atoms with van der Waals surface area (Å²) in [5, 5.41) is 22.9. The fraction of sp³-hybridized carbons (Fsp3) is 0.381. The van der Waals surface area contributed by atoms with Crippen molar-refractivity contribution in [3.8, 4) is 0 Å². The van der Waals surface area contributed by atoms with Crippen molar-refractivity contribution in [2.45, 2.75) is 50.9 Å². The lowest BCUT2D eigenvalue weighted by Crippen LogP contribution is -2.24. The van der Waals surface area contributed by atoms with Gasteiger partial charge in [-0.25, -0.2) is 0 Å². The molecule has 1 amide bonds. The van der Waals surface area contributed by atoms with Gasteiger partial charge in [-0.1, -0.05) is 62.1 Å². The number of carbonyl (C=O) groups is 1. The smallest absolute Gasteiger partial charge is 0.239 e. The van der Waals surface area contributed by atoms with Crippen molar-refractivity contribution in [1.82, 2.24) is 24.8 Å². The van der Waals surface area contributed by atoms with Gasteiger partial charge in [-0.15, -0.1) is 20.4 Å². The van der Waals surface area contributed by atoms with Crippen LogP contribution in [0, 0.1) is 12.8 Å². The van der Waals surface area contributed by atoms with Crippen molar-refractivity contribution in [2.24, 2.45) is 5.92 Å². The number of carbonyl (C=O) groups excluding carboxylic acids is 1. The maximum Gasteiger partial charge on any atom is 0.239 e. The van der Waals surface area contributed by atoms with Crippen molar-refractivity contribution >= 4 is 50.7 Å². The number of thioether (sulfide) groups is 1. The van der Waals surface area contributed by atoms with Gasteiger partial charge in [0.15, 0.2) is 10.8 Å². The van der Waals surface area contributed by atoms with Crippen LogP contribution in [0.4, 0.5) is 5.13 Å². The molecular weight excluding hydrogens is 416 g/mol. The molecule has 0 spiro atoms. The number of nitrogens with zero attached hydrogens (tertiary/aromatic N) is 5. The SMILES string of the molecule is CCC(Sc1nnc2cc(C)c3ccccc3n12)C(=O)Nc1nnc(CC(C)C)s1. The highest BCUT2D eigenvalue weighted by molar-refractivity contribution is 8.00. The molecule has 0 radical (unpaired) electrons. The van der Waals surface area contributed by atoms with E-state index in [1.165, 1.54) is 23.1 Å². The molecule has 9 heteroatoms. The van der Waals surface area contributed by atoms with Crippen LogP contribution in [-0.4, -0.2) is 36.0 Å². The first-order valence-electron chi connectivity index (χ1n) is 9.99. The fourth-order valence-corrected chi connectivity index (χ4v) is 5.25. The topological polar surface area (TPSA) is 85.1 Å². The molecule has 1 atom stereocenters. The van der Waals surface area contributed by atoms with E-state index in [4.69, 9.17) is 0 Å². The van der Waals surface area contributed by atoms with Gasteiger partial charge in [0.25, 0.3) is 0 Å². The van der Waals surface area contributed by atoms with Crippen LogP contribution in [0.1, 0.15) is 37.8 Å². The molecule has 30 heavy (non-hydrogen) atoms. The first-order chi connectivity index (χ1) is 14.5. The number of pyridine rings is 1. The normalized spacial score (nSPS) is 12.7. The highest BCUT2D eigenvalue weighted by Gasteiger charge is 2.23. The number of anilines is 1. The molecule has 1 aromatic carbocycles. The van der Waals surface area contributed by atoms with Crippen molar-refractivity contribution in [3.05, 3.63) is 40.9 Å². The Morgan fingerprint density at radius 1 is 1.20 bits per heavy atom. The Morgan fingerprint density at radius 3 is 2.77 bits per heavy atom. The summed E-state index contributed by atoms with van der Waals surface area (Å²) in [5.41, 5.74) is 2.98. The Kier molecular flexibility index (Phi) is 6.01. The molecule has 0 fully saturated rings. The van der Waals surface area contributed by atoms with E-state index in [2.05, 4.69) is 58.6 Å². The lowest BCUT2D eigenvalue weighted by atomic mass is 10.1. The summed E-state index contributed by atoms with van der Waals surface area (Å²) in [6.45, 7) is 8.34. The van der Waals surface area contributed by atoms with E-state index in [0.29, 0.717) is 22.6 Å². The number of hydrogen-bond donors (Lipinski definition) is 1. The third-order valence-corrected chi connectivity index (χ3v) is 6.93. The number of hydrogen-bond acceptors (Lipinski definition) is 7. The number of fused-ring (bicyclic) bond motifs is 3. The minimum absolute atomic E-state index is 0.0945. The molecule has 3 aromatic heterocycles. The molecule has 0 saturated heterocycles. The van der Waals surface area contributed by atoms with E-state index in [1.807, 2.05) is 29.5 Å². The average molecular weight is 441 g/mol. The van der Waals surface area contributed by atoms with Crippen molar-refractivity contribution in [1.29, 1.82) is 0 Å². The summed E-state index contributed by atoms with van der Waals surface area (Å²) in [4.78, 5) is 12.9. The molecule has 7 nitrogen and oxygen atoms in total. The number of amides is 1. The zero-order valence-electron chi connectivity index (χ0n) is 17.4. The van der Waals surface area contributed by atoms with Crippen LogP contribution in [0.2, 0.25) is 0 Å². The van der Waals surface area contributed by atoms with Crippen LogP contribution in [0.3, 0.4) is 0 Å². The Labute approximate surface area is 183 Å². The first kappa shape index (κ1) is 20.7. The van der Waals surface area contributed by atoms with Crippen LogP contribution in [0.5, 0.6) is 0 Å². The van der Waals surface area contributed by atoms with Crippen LogP contribution in [0.15, 0.2) is 35.5 Å². The van der Waals surface area contributed by atoms with Crippen molar-refractivity contribution < 1.29 is 4.79 Å². The van der Waals surface area contributed by atoms with Gasteiger partial charge in [0.05, 0.1) is 10.8 Å². The Hall–Kier alpha value is -2.52. The molecule has 0 bridgehead atoms. The predicted octanol–water partition coefficient (Wildman–Crippen LogP) is 4.75. The third kappa shape index (κ3) is 4.17. The van der Waals surface area contributed by atoms with Gasteiger partial charge < -0.3 is 0 Å². The van der Waals surface area contributed by atoms with Gasteiger partial charge >= 0.3 is 0 Å². The molecule has 0 aliphatic rings. The Bertz CT molecular complexity index is 1200. The largest absolute Gasteiger partial charge is 0.300 e. The van der Waals surface area contributed by atoms with E-state index in [0.717, 1.165) is 33.5 Å². The number of para-hydroxylation sites is 1. The summed E-state index contributed by atoms with van der Waals surface area (Å²) in [7, 11) is 0. The second-order valence-electron chi connectivity index (χ2n) is 7.62. The van der Waals surface area contributed by atoms with E-state index in [1.54, 1.807) is 0 Å². The van der Waals surface area contributed by atoms with E-state index in [9.17, 15) is 4.79 Å². The summed E-state index contributed by atoms with van der Waals surface area (Å²) >= 11 is 2.86. The number of nitrogens with one attached hydrogen (secondary N) is 1. The number of aromatic nitrogens is 5. The average Bonchev–Trinajstić information content (AvgIpc) is 3.32. The Morgan fingerprint density at radius 2 is 2.00 bits per heavy atom. The maximum absolute atomic E-state index is 12.9. The summed E-state index contributed by atoms with van der Waals surface area (Å²) in [6, 6.07) is 10.2. The molecule has 3 heterocycles. The summed E-state index contributed by atoms with van der Waals surface area (Å²) in [5.74, 6) is 0.406. The second kappa shape index (κ2) is 8.69. The molecule has 0 aliphatic heterocycles. The minimum Gasteiger partial charge on any atom is -0.300 e. The van der Waals surface area contributed by atoms with Gasteiger partial charge in [-0.2, -0.15) is 0 Å².